The van der Waals surface area contributed by atoms with Gasteiger partial charge in [0, 0.05) is 51.4 Å². The summed E-state index contributed by atoms with van der Waals surface area (Å²) in [4.78, 5) is 27.9. The van der Waals surface area contributed by atoms with Crippen molar-refractivity contribution in [3.8, 4) is 0 Å². The highest BCUT2D eigenvalue weighted by Gasteiger charge is 2.18. The van der Waals surface area contributed by atoms with Crippen LogP contribution >= 0.6 is 0 Å². The maximum atomic E-state index is 12.2. The van der Waals surface area contributed by atoms with Crippen molar-refractivity contribution in [3.05, 3.63) is 34.7 Å². The molecule has 1 N–H and O–H groups in total. The molecule has 0 unspecified atom stereocenters. The van der Waals surface area contributed by atoms with E-state index < -0.39 is 0 Å². The third-order valence-electron chi connectivity index (χ3n) is 3.82. The number of aromatic nitrogens is 1. The van der Waals surface area contributed by atoms with E-state index in [2.05, 4.69) is 4.90 Å². The molecule has 2 heterocycles. The minimum atomic E-state index is -0.0738. The van der Waals surface area contributed by atoms with E-state index in [1.165, 1.54) is 6.07 Å². The number of rotatable bonds is 5. The Morgan fingerprint density at radius 3 is 2.76 bits per heavy atom. The Labute approximate surface area is 124 Å². The van der Waals surface area contributed by atoms with Gasteiger partial charge in [-0.3, -0.25) is 14.5 Å². The highest BCUT2D eigenvalue weighted by Crippen LogP contribution is 2.05. The second-order valence-electron chi connectivity index (χ2n) is 5.28. The zero-order valence-electron chi connectivity index (χ0n) is 12.3. The first-order chi connectivity index (χ1) is 10.2. The molecule has 0 atom stereocenters. The van der Waals surface area contributed by atoms with Crippen LogP contribution in [0, 0.1) is 0 Å². The molecule has 1 aliphatic heterocycles. The standard InChI is InChI=1S/C15H23N3O3/c19-13-12-16-6-3-8-18(11-10-16)15(21)5-9-17-7-2-1-4-14(17)20/h1-2,4,7,19H,3,5-6,8-13H2. The van der Waals surface area contributed by atoms with Crippen molar-refractivity contribution in [2.75, 3.05) is 39.3 Å². The van der Waals surface area contributed by atoms with Crippen LogP contribution in [0.2, 0.25) is 0 Å². The molecule has 1 aromatic heterocycles. The summed E-state index contributed by atoms with van der Waals surface area (Å²) >= 11 is 0. The van der Waals surface area contributed by atoms with E-state index in [1.807, 2.05) is 4.90 Å². The van der Waals surface area contributed by atoms with E-state index in [1.54, 1.807) is 22.9 Å². The molecule has 1 saturated heterocycles. The average Bonchev–Trinajstić information content (AvgIpc) is 2.72. The molecular weight excluding hydrogens is 270 g/mol. The third kappa shape index (κ3) is 4.68. The lowest BCUT2D eigenvalue weighted by molar-refractivity contribution is -0.131. The second kappa shape index (κ2) is 7.95. The van der Waals surface area contributed by atoms with Crippen molar-refractivity contribution in [1.29, 1.82) is 0 Å². The maximum absolute atomic E-state index is 12.2. The Kier molecular flexibility index (Phi) is 5.95. The van der Waals surface area contributed by atoms with Crippen molar-refractivity contribution < 1.29 is 9.90 Å². The molecule has 0 saturated carbocycles. The minimum absolute atomic E-state index is 0.0738. The number of aliphatic hydroxyl groups excluding tert-OH is 1. The SMILES string of the molecule is O=C(CCn1ccccc1=O)N1CCCN(CCO)CC1. The van der Waals surface area contributed by atoms with Crippen LogP contribution in [0.25, 0.3) is 0 Å². The normalized spacial score (nSPS) is 16.7. The largest absolute Gasteiger partial charge is 0.395 e. The summed E-state index contributed by atoms with van der Waals surface area (Å²) in [5, 5.41) is 8.97. The van der Waals surface area contributed by atoms with Crippen LogP contribution in [-0.4, -0.2) is 64.7 Å². The van der Waals surface area contributed by atoms with Gasteiger partial charge in [0.1, 0.15) is 0 Å². The van der Waals surface area contributed by atoms with E-state index >= 15 is 0 Å². The van der Waals surface area contributed by atoms with Crippen molar-refractivity contribution in [3.63, 3.8) is 0 Å². The van der Waals surface area contributed by atoms with Gasteiger partial charge in [-0.05, 0) is 19.0 Å². The Bertz CT molecular complexity index is 515. The van der Waals surface area contributed by atoms with Gasteiger partial charge in [0.2, 0.25) is 5.91 Å². The van der Waals surface area contributed by atoms with Crippen LogP contribution in [0.5, 0.6) is 0 Å². The number of pyridine rings is 1. The summed E-state index contributed by atoms with van der Waals surface area (Å²) in [6.45, 7) is 4.43. The smallest absolute Gasteiger partial charge is 0.250 e. The summed E-state index contributed by atoms with van der Waals surface area (Å²) in [7, 11) is 0. The molecule has 0 bridgehead atoms. The number of aliphatic hydroxyl groups is 1. The van der Waals surface area contributed by atoms with Gasteiger partial charge in [-0.1, -0.05) is 6.07 Å². The van der Waals surface area contributed by atoms with Gasteiger partial charge in [-0.2, -0.15) is 0 Å². The molecule has 2 rings (SSSR count). The first-order valence-corrected chi connectivity index (χ1v) is 7.47. The Hall–Kier alpha value is -1.66. The number of nitrogens with zero attached hydrogens (tertiary/aromatic N) is 3. The van der Waals surface area contributed by atoms with Gasteiger partial charge in [0.25, 0.3) is 5.56 Å². The minimum Gasteiger partial charge on any atom is -0.395 e. The van der Waals surface area contributed by atoms with Gasteiger partial charge in [0.05, 0.1) is 6.61 Å². The van der Waals surface area contributed by atoms with Crippen LogP contribution in [0.15, 0.2) is 29.2 Å². The molecular formula is C15H23N3O3. The third-order valence-corrected chi connectivity index (χ3v) is 3.82. The fraction of sp³-hybridized carbons (Fsp3) is 0.600. The molecule has 0 spiro atoms. The second-order valence-corrected chi connectivity index (χ2v) is 5.28. The molecule has 6 heteroatoms. The fourth-order valence-electron chi connectivity index (χ4n) is 2.60. The number of aryl methyl sites for hydroxylation is 1. The Morgan fingerprint density at radius 1 is 1.14 bits per heavy atom. The number of carbonyl (C=O) groups is 1. The zero-order valence-corrected chi connectivity index (χ0v) is 12.3. The average molecular weight is 293 g/mol. The maximum Gasteiger partial charge on any atom is 0.250 e. The summed E-state index contributed by atoms with van der Waals surface area (Å²) < 4.78 is 1.56. The monoisotopic (exact) mass is 293 g/mol. The fourth-order valence-corrected chi connectivity index (χ4v) is 2.60. The van der Waals surface area contributed by atoms with Crippen LogP contribution in [0.1, 0.15) is 12.8 Å². The highest BCUT2D eigenvalue weighted by molar-refractivity contribution is 5.76. The van der Waals surface area contributed by atoms with Crippen molar-refractivity contribution >= 4 is 5.91 Å². The topological polar surface area (TPSA) is 65.8 Å². The van der Waals surface area contributed by atoms with E-state index in [9.17, 15) is 9.59 Å². The van der Waals surface area contributed by atoms with E-state index in [0.29, 0.717) is 26.1 Å². The summed E-state index contributed by atoms with van der Waals surface area (Å²) in [6.07, 6.45) is 2.99. The quantitative estimate of drug-likeness (QED) is 0.814. The lowest BCUT2D eigenvalue weighted by Crippen LogP contribution is -2.36. The molecule has 1 aliphatic rings. The number of amides is 1. The molecule has 1 aromatic rings. The van der Waals surface area contributed by atoms with Crippen molar-refractivity contribution in [1.82, 2.24) is 14.4 Å². The molecule has 1 fully saturated rings. The molecule has 0 aliphatic carbocycles. The lowest BCUT2D eigenvalue weighted by atomic mass is 10.3. The Morgan fingerprint density at radius 2 is 2.00 bits per heavy atom. The number of hydrogen-bond acceptors (Lipinski definition) is 4. The molecule has 1 amide bonds. The predicted molar refractivity (Wildman–Crippen MR) is 80.0 cm³/mol. The summed E-state index contributed by atoms with van der Waals surface area (Å²) in [5.74, 6) is 0.0941. The van der Waals surface area contributed by atoms with Gasteiger partial charge in [-0.15, -0.1) is 0 Å². The number of hydrogen-bond donors (Lipinski definition) is 1. The summed E-state index contributed by atoms with van der Waals surface area (Å²) in [5.41, 5.74) is -0.0738. The van der Waals surface area contributed by atoms with Crippen LogP contribution in [-0.2, 0) is 11.3 Å². The number of carbonyl (C=O) groups excluding carboxylic acids is 1. The summed E-state index contributed by atoms with van der Waals surface area (Å²) in [6, 6.07) is 5.00. The first-order valence-electron chi connectivity index (χ1n) is 7.47. The van der Waals surface area contributed by atoms with E-state index in [4.69, 9.17) is 5.11 Å². The molecule has 6 nitrogen and oxygen atoms in total. The van der Waals surface area contributed by atoms with Crippen molar-refractivity contribution in [2.24, 2.45) is 0 Å². The van der Waals surface area contributed by atoms with Crippen LogP contribution < -0.4 is 5.56 Å². The van der Waals surface area contributed by atoms with Gasteiger partial charge >= 0.3 is 0 Å². The van der Waals surface area contributed by atoms with Gasteiger partial charge in [-0.25, -0.2) is 0 Å². The first kappa shape index (κ1) is 15.7. The van der Waals surface area contributed by atoms with E-state index in [-0.39, 0.29) is 18.1 Å². The van der Waals surface area contributed by atoms with Crippen LogP contribution in [0.4, 0.5) is 0 Å². The molecule has 0 aromatic carbocycles. The predicted octanol–water partition coefficient (Wildman–Crippen LogP) is -0.235. The molecule has 116 valence electrons. The number of β-amino-alcohol motifs (C(OH)–C–C–N with tert-alkyl or cyclic N) is 1. The van der Waals surface area contributed by atoms with E-state index in [0.717, 1.165) is 26.1 Å². The molecule has 0 radical (unpaired) electrons. The van der Waals surface area contributed by atoms with Crippen LogP contribution in [0.3, 0.4) is 0 Å². The van der Waals surface area contributed by atoms with Gasteiger partial charge in [0.15, 0.2) is 0 Å². The van der Waals surface area contributed by atoms with Crippen molar-refractivity contribution in [2.45, 2.75) is 19.4 Å². The molecule has 21 heavy (non-hydrogen) atoms. The Balaban J connectivity index is 1.83. The lowest BCUT2D eigenvalue weighted by Gasteiger charge is -2.21. The van der Waals surface area contributed by atoms with Gasteiger partial charge < -0.3 is 14.6 Å². The zero-order chi connectivity index (χ0) is 15.1. The highest BCUT2D eigenvalue weighted by atomic mass is 16.3.